The van der Waals surface area contributed by atoms with Crippen LogP contribution >= 0.6 is 0 Å². The Morgan fingerprint density at radius 3 is 2.71 bits per heavy atom. The Morgan fingerprint density at radius 2 is 2.10 bits per heavy atom. The minimum absolute atomic E-state index is 0.215. The zero-order chi connectivity index (χ0) is 15.6. The number of methoxy groups -OCH3 is 1. The molecule has 2 aromatic heterocycles. The second-order valence-electron chi connectivity index (χ2n) is 5.85. The molecule has 6 nitrogen and oxygen atoms in total. The summed E-state index contributed by atoms with van der Waals surface area (Å²) in [4.78, 5) is 16.5. The van der Waals surface area contributed by atoms with Crippen LogP contribution < -0.4 is 10.1 Å². The number of hydrogen-bond donors (Lipinski definition) is 1. The molecule has 0 fully saturated rings. The van der Waals surface area contributed by atoms with Crippen molar-refractivity contribution in [2.45, 2.75) is 26.2 Å². The molecule has 0 aliphatic heterocycles. The Balaban J connectivity index is 2.33. The summed E-state index contributed by atoms with van der Waals surface area (Å²) < 4.78 is 6.86. The van der Waals surface area contributed by atoms with E-state index in [2.05, 4.69) is 15.4 Å². The van der Waals surface area contributed by atoms with Crippen LogP contribution in [0.3, 0.4) is 0 Å². The van der Waals surface area contributed by atoms with Crippen molar-refractivity contribution in [3.63, 3.8) is 0 Å². The predicted molar refractivity (Wildman–Crippen MR) is 80.7 cm³/mol. The van der Waals surface area contributed by atoms with Gasteiger partial charge in [0.1, 0.15) is 11.4 Å². The number of carbonyl (C=O) groups is 1. The number of nitrogens with one attached hydrogen (secondary N) is 1. The van der Waals surface area contributed by atoms with Crippen LogP contribution in [0.15, 0.2) is 24.7 Å². The fraction of sp³-hybridized carbons (Fsp3) is 0.400. The van der Waals surface area contributed by atoms with Crippen LogP contribution in [-0.2, 0) is 12.5 Å². The lowest BCUT2D eigenvalue weighted by Gasteiger charge is -2.17. The maximum absolute atomic E-state index is 12.5. The van der Waals surface area contributed by atoms with Gasteiger partial charge in [-0.1, -0.05) is 20.8 Å². The highest BCUT2D eigenvalue weighted by atomic mass is 16.5. The third-order valence-corrected chi connectivity index (χ3v) is 3.03. The van der Waals surface area contributed by atoms with Crippen molar-refractivity contribution in [3.8, 4) is 5.75 Å². The van der Waals surface area contributed by atoms with Gasteiger partial charge in [0.15, 0.2) is 0 Å². The van der Waals surface area contributed by atoms with E-state index in [1.165, 1.54) is 0 Å². The first-order valence-corrected chi connectivity index (χ1v) is 6.66. The summed E-state index contributed by atoms with van der Waals surface area (Å²) in [7, 11) is 3.35. The Hall–Kier alpha value is -2.37. The van der Waals surface area contributed by atoms with Crippen molar-refractivity contribution in [1.82, 2.24) is 14.8 Å². The van der Waals surface area contributed by atoms with E-state index < -0.39 is 0 Å². The maximum Gasteiger partial charge on any atom is 0.259 e. The summed E-state index contributed by atoms with van der Waals surface area (Å²) in [6.07, 6.45) is 4.89. The SMILES string of the molecule is COc1ccncc1NC(=O)c1cn(C)nc1C(C)(C)C. The molecular formula is C15H20N4O2. The lowest BCUT2D eigenvalue weighted by atomic mass is 9.89. The van der Waals surface area contributed by atoms with E-state index >= 15 is 0 Å². The van der Waals surface area contributed by atoms with E-state index in [1.54, 1.807) is 43.5 Å². The summed E-state index contributed by atoms with van der Waals surface area (Å²) in [5.74, 6) is 0.346. The second kappa shape index (κ2) is 5.55. The highest BCUT2D eigenvalue weighted by molar-refractivity contribution is 6.05. The molecule has 2 rings (SSSR count). The van der Waals surface area contributed by atoms with Gasteiger partial charge in [0.05, 0.1) is 24.6 Å². The molecule has 0 saturated heterocycles. The Bertz CT molecular complexity index is 656. The summed E-state index contributed by atoms with van der Waals surface area (Å²) in [5.41, 5.74) is 1.63. The van der Waals surface area contributed by atoms with Crippen LogP contribution in [0, 0.1) is 0 Å². The van der Waals surface area contributed by atoms with Crippen molar-refractivity contribution >= 4 is 11.6 Å². The number of pyridine rings is 1. The average Bonchev–Trinajstić information content (AvgIpc) is 2.81. The number of aryl methyl sites for hydroxylation is 1. The van der Waals surface area contributed by atoms with Crippen molar-refractivity contribution in [2.24, 2.45) is 7.05 Å². The van der Waals surface area contributed by atoms with E-state index in [4.69, 9.17) is 4.74 Å². The molecule has 0 aliphatic rings. The van der Waals surface area contributed by atoms with Gasteiger partial charge in [0, 0.05) is 30.9 Å². The van der Waals surface area contributed by atoms with Crippen LogP contribution in [0.25, 0.3) is 0 Å². The number of hydrogen-bond acceptors (Lipinski definition) is 4. The first kappa shape index (κ1) is 15.0. The summed E-state index contributed by atoms with van der Waals surface area (Å²) in [6.45, 7) is 6.07. The molecular weight excluding hydrogens is 268 g/mol. The smallest absolute Gasteiger partial charge is 0.259 e. The van der Waals surface area contributed by atoms with Crippen LogP contribution in [-0.4, -0.2) is 27.8 Å². The van der Waals surface area contributed by atoms with Crippen LogP contribution in [0.4, 0.5) is 5.69 Å². The van der Waals surface area contributed by atoms with Crippen molar-refractivity contribution in [3.05, 3.63) is 35.9 Å². The third-order valence-electron chi connectivity index (χ3n) is 3.03. The van der Waals surface area contributed by atoms with Gasteiger partial charge in [-0.2, -0.15) is 5.10 Å². The lowest BCUT2D eigenvalue weighted by Crippen LogP contribution is -2.20. The molecule has 0 aliphatic carbocycles. The Kier molecular flexibility index (Phi) is 3.97. The first-order chi connectivity index (χ1) is 9.82. The van der Waals surface area contributed by atoms with Gasteiger partial charge in [-0.15, -0.1) is 0 Å². The van der Waals surface area contributed by atoms with Gasteiger partial charge >= 0.3 is 0 Å². The largest absolute Gasteiger partial charge is 0.494 e. The van der Waals surface area contributed by atoms with Gasteiger partial charge in [-0.05, 0) is 0 Å². The van der Waals surface area contributed by atoms with E-state index in [9.17, 15) is 4.79 Å². The molecule has 0 radical (unpaired) electrons. The highest BCUT2D eigenvalue weighted by Crippen LogP contribution is 2.26. The number of carbonyl (C=O) groups excluding carboxylic acids is 1. The summed E-state index contributed by atoms with van der Waals surface area (Å²) >= 11 is 0. The van der Waals surface area contributed by atoms with Gasteiger partial charge in [-0.25, -0.2) is 0 Å². The highest BCUT2D eigenvalue weighted by Gasteiger charge is 2.26. The molecule has 0 unspecified atom stereocenters. The molecule has 1 N–H and O–H groups in total. The molecule has 6 heteroatoms. The van der Waals surface area contributed by atoms with Gasteiger partial charge in [0.2, 0.25) is 0 Å². The number of anilines is 1. The molecule has 112 valence electrons. The summed E-state index contributed by atoms with van der Waals surface area (Å²) in [6, 6.07) is 1.70. The number of ether oxygens (including phenoxy) is 1. The molecule has 2 aromatic rings. The normalized spacial score (nSPS) is 11.3. The predicted octanol–water partition coefficient (Wildman–Crippen LogP) is 2.37. The van der Waals surface area contributed by atoms with Crippen LogP contribution in [0.5, 0.6) is 5.75 Å². The standard InChI is InChI=1S/C15H20N4O2/c1-15(2,3)13-10(9-19(4)18-13)14(20)17-11-8-16-7-6-12(11)21-5/h6-9H,1-5H3,(H,17,20). The van der Waals surface area contributed by atoms with E-state index in [0.29, 0.717) is 17.0 Å². The lowest BCUT2D eigenvalue weighted by molar-refractivity contribution is 0.102. The van der Waals surface area contributed by atoms with E-state index in [1.807, 2.05) is 20.8 Å². The third kappa shape index (κ3) is 3.21. The molecule has 0 spiro atoms. The molecule has 0 saturated carbocycles. The van der Waals surface area contributed by atoms with Crippen LogP contribution in [0.2, 0.25) is 0 Å². The Morgan fingerprint density at radius 1 is 1.38 bits per heavy atom. The number of nitrogens with zero attached hydrogens (tertiary/aromatic N) is 3. The van der Waals surface area contributed by atoms with E-state index in [-0.39, 0.29) is 11.3 Å². The summed E-state index contributed by atoms with van der Waals surface area (Å²) in [5, 5.41) is 7.22. The molecule has 0 atom stereocenters. The van der Waals surface area contributed by atoms with Gasteiger partial charge in [-0.3, -0.25) is 14.5 Å². The second-order valence-corrected chi connectivity index (χ2v) is 5.85. The number of rotatable bonds is 3. The topological polar surface area (TPSA) is 69.0 Å². The van der Waals surface area contributed by atoms with Gasteiger partial charge in [0.25, 0.3) is 5.91 Å². The Labute approximate surface area is 124 Å². The van der Waals surface area contributed by atoms with Gasteiger partial charge < -0.3 is 10.1 Å². The molecule has 0 bridgehead atoms. The quantitative estimate of drug-likeness (QED) is 0.941. The average molecular weight is 288 g/mol. The van der Waals surface area contributed by atoms with Crippen molar-refractivity contribution in [2.75, 3.05) is 12.4 Å². The van der Waals surface area contributed by atoms with Crippen LogP contribution in [0.1, 0.15) is 36.8 Å². The zero-order valence-corrected chi connectivity index (χ0v) is 13.0. The molecule has 0 aromatic carbocycles. The first-order valence-electron chi connectivity index (χ1n) is 6.66. The molecule has 21 heavy (non-hydrogen) atoms. The number of amides is 1. The minimum Gasteiger partial charge on any atom is -0.494 e. The monoisotopic (exact) mass is 288 g/mol. The van der Waals surface area contributed by atoms with E-state index in [0.717, 1.165) is 5.69 Å². The zero-order valence-electron chi connectivity index (χ0n) is 13.0. The fourth-order valence-electron chi connectivity index (χ4n) is 2.05. The maximum atomic E-state index is 12.5. The minimum atomic E-state index is -0.223. The molecule has 2 heterocycles. The van der Waals surface area contributed by atoms with Crippen molar-refractivity contribution in [1.29, 1.82) is 0 Å². The number of aromatic nitrogens is 3. The van der Waals surface area contributed by atoms with Crippen molar-refractivity contribution < 1.29 is 9.53 Å². The molecule has 1 amide bonds. The fourth-order valence-corrected chi connectivity index (χ4v) is 2.05.